The third-order valence-corrected chi connectivity index (χ3v) is 7.83. The number of rotatable bonds is 6. The lowest BCUT2D eigenvalue weighted by molar-refractivity contribution is -0.135. The Morgan fingerprint density at radius 2 is 1.79 bits per heavy atom. The van der Waals surface area contributed by atoms with Gasteiger partial charge in [0.05, 0.1) is 11.4 Å². The number of hydrogen-bond acceptors (Lipinski definition) is 5. The maximum absolute atomic E-state index is 12.8. The summed E-state index contributed by atoms with van der Waals surface area (Å²) in [4.78, 5) is 27.1. The molecule has 0 N–H and O–H groups in total. The first-order chi connectivity index (χ1) is 13.3. The number of Topliss-reactive ketones (excluding diaryl/α,β-unsaturated/α-hetero) is 1. The number of nitrogens with zero attached hydrogens (tertiary/aromatic N) is 2. The Balaban J connectivity index is 1.60. The molecular weight excluding hydrogens is 396 g/mol. The van der Waals surface area contributed by atoms with Crippen LogP contribution >= 0.6 is 11.3 Å². The summed E-state index contributed by atoms with van der Waals surface area (Å²) in [5.74, 6) is -0.192. The van der Waals surface area contributed by atoms with Gasteiger partial charge < -0.3 is 4.90 Å². The predicted molar refractivity (Wildman–Crippen MR) is 109 cm³/mol. The van der Waals surface area contributed by atoms with E-state index in [0.29, 0.717) is 38.0 Å². The first kappa shape index (κ1) is 20.7. The van der Waals surface area contributed by atoms with Crippen molar-refractivity contribution in [2.45, 2.75) is 31.2 Å². The van der Waals surface area contributed by atoms with Gasteiger partial charge in [-0.05, 0) is 43.3 Å². The molecule has 2 heterocycles. The fraction of sp³-hybridized carbons (Fsp3) is 0.400. The summed E-state index contributed by atoms with van der Waals surface area (Å²) in [6.07, 6.45) is 1.02. The molecule has 6 nitrogen and oxygen atoms in total. The third kappa shape index (κ3) is 4.51. The summed E-state index contributed by atoms with van der Waals surface area (Å²) in [5, 5.41) is 1.99. The molecule has 0 saturated carbocycles. The van der Waals surface area contributed by atoms with E-state index in [-0.39, 0.29) is 22.5 Å². The monoisotopic (exact) mass is 420 g/mol. The lowest BCUT2D eigenvalue weighted by Crippen LogP contribution is -2.43. The molecule has 1 aliphatic heterocycles. The highest BCUT2D eigenvalue weighted by Gasteiger charge is 2.33. The minimum absolute atomic E-state index is 0.0660. The van der Waals surface area contributed by atoms with Crippen LogP contribution in [0.3, 0.4) is 0 Å². The highest BCUT2D eigenvalue weighted by Crippen LogP contribution is 2.26. The number of carbonyl (C=O) groups is 2. The third-order valence-electron chi connectivity index (χ3n) is 5.05. The van der Waals surface area contributed by atoms with E-state index in [1.165, 1.54) is 35.5 Å². The Morgan fingerprint density at radius 3 is 2.32 bits per heavy atom. The average molecular weight is 421 g/mol. The van der Waals surface area contributed by atoms with Crippen LogP contribution < -0.4 is 0 Å². The van der Waals surface area contributed by atoms with E-state index in [2.05, 4.69) is 0 Å². The van der Waals surface area contributed by atoms with E-state index in [4.69, 9.17) is 0 Å². The molecule has 1 amide bonds. The predicted octanol–water partition coefficient (Wildman–Crippen LogP) is 3.01. The van der Waals surface area contributed by atoms with Crippen LogP contribution in [-0.4, -0.2) is 49.5 Å². The lowest BCUT2D eigenvalue weighted by Gasteiger charge is -2.32. The SMILES string of the molecule is CC(=O)c1ccc(S(=O)(=O)N2CCC(C(=O)N(C)Cc3cccs3)CC2)cc1. The summed E-state index contributed by atoms with van der Waals surface area (Å²) >= 11 is 1.62. The first-order valence-corrected chi connectivity index (χ1v) is 11.5. The fourth-order valence-corrected chi connectivity index (χ4v) is 5.61. The molecular formula is C20H24N2O4S2. The zero-order valence-electron chi connectivity index (χ0n) is 16.0. The first-order valence-electron chi connectivity index (χ1n) is 9.17. The molecule has 0 radical (unpaired) electrons. The number of piperidine rings is 1. The van der Waals surface area contributed by atoms with Crippen molar-refractivity contribution in [1.29, 1.82) is 0 Å². The van der Waals surface area contributed by atoms with Crippen molar-refractivity contribution in [2.24, 2.45) is 5.92 Å². The van der Waals surface area contributed by atoms with Crippen LogP contribution in [0.15, 0.2) is 46.7 Å². The maximum Gasteiger partial charge on any atom is 0.243 e. The van der Waals surface area contributed by atoms with Crippen LogP contribution in [0.2, 0.25) is 0 Å². The van der Waals surface area contributed by atoms with Gasteiger partial charge in [-0.15, -0.1) is 11.3 Å². The second-order valence-corrected chi connectivity index (χ2v) is 10.0. The maximum atomic E-state index is 12.8. The molecule has 1 aromatic carbocycles. The van der Waals surface area contributed by atoms with Crippen molar-refractivity contribution >= 4 is 33.1 Å². The van der Waals surface area contributed by atoms with Crippen LogP contribution in [0.25, 0.3) is 0 Å². The van der Waals surface area contributed by atoms with Crippen LogP contribution in [0.1, 0.15) is 35.0 Å². The second-order valence-electron chi connectivity index (χ2n) is 7.03. The number of benzene rings is 1. The van der Waals surface area contributed by atoms with Gasteiger partial charge >= 0.3 is 0 Å². The van der Waals surface area contributed by atoms with Gasteiger partial charge in [0.1, 0.15) is 0 Å². The van der Waals surface area contributed by atoms with Gasteiger partial charge in [0.2, 0.25) is 15.9 Å². The molecule has 150 valence electrons. The smallest absolute Gasteiger partial charge is 0.243 e. The van der Waals surface area contributed by atoms with Crippen molar-refractivity contribution in [2.75, 3.05) is 20.1 Å². The van der Waals surface area contributed by atoms with E-state index in [0.717, 1.165) is 4.88 Å². The quantitative estimate of drug-likeness (QED) is 0.674. The molecule has 0 unspecified atom stereocenters. The van der Waals surface area contributed by atoms with Crippen molar-refractivity contribution < 1.29 is 18.0 Å². The number of amides is 1. The highest BCUT2D eigenvalue weighted by atomic mass is 32.2. The van der Waals surface area contributed by atoms with E-state index >= 15 is 0 Å². The van der Waals surface area contributed by atoms with Crippen molar-refractivity contribution in [3.8, 4) is 0 Å². The van der Waals surface area contributed by atoms with Gasteiger partial charge in [-0.1, -0.05) is 18.2 Å². The molecule has 2 aromatic rings. The van der Waals surface area contributed by atoms with Gasteiger partial charge in [-0.2, -0.15) is 4.31 Å². The summed E-state index contributed by atoms with van der Waals surface area (Å²) in [6, 6.07) is 9.97. The molecule has 1 aromatic heterocycles. The number of sulfonamides is 1. The van der Waals surface area contributed by atoms with Crippen LogP contribution in [-0.2, 0) is 21.4 Å². The average Bonchev–Trinajstić information content (AvgIpc) is 3.20. The van der Waals surface area contributed by atoms with Crippen LogP contribution in [0.5, 0.6) is 0 Å². The number of hydrogen-bond donors (Lipinski definition) is 0. The molecule has 8 heteroatoms. The molecule has 0 aliphatic carbocycles. The molecule has 1 aliphatic rings. The Hall–Kier alpha value is -2.03. The van der Waals surface area contributed by atoms with Crippen molar-refractivity contribution in [1.82, 2.24) is 9.21 Å². The Kier molecular flexibility index (Phi) is 6.32. The number of ketones is 1. The van der Waals surface area contributed by atoms with Gasteiger partial charge in [-0.3, -0.25) is 9.59 Å². The zero-order chi connectivity index (χ0) is 20.3. The van der Waals surface area contributed by atoms with Gasteiger partial charge in [0.25, 0.3) is 0 Å². The van der Waals surface area contributed by atoms with Crippen molar-refractivity contribution in [3.05, 3.63) is 52.2 Å². The largest absolute Gasteiger partial charge is 0.340 e. The Labute approximate surface area is 169 Å². The fourth-order valence-electron chi connectivity index (χ4n) is 3.38. The van der Waals surface area contributed by atoms with Crippen LogP contribution in [0, 0.1) is 5.92 Å². The Bertz CT molecular complexity index is 929. The molecule has 0 atom stereocenters. The lowest BCUT2D eigenvalue weighted by atomic mass is 9.96. The summed E-state index contributed by atoms with van der Waals surface area (Å²) in [6.45, 7) is 2.67. The van der Waals surface area contributed by atoms with E-state index in [1.807, 2.05) is 17.5 Å². The van der Waals surface area contributed by atoms with Crippen molar-refractivity contribution in [3.63, 3.8) is 0 Å². The van der Waals surface area contributed by atoms with Crippen LogP contribution in [0.4, 0.5) is 0 Å². The molecule has 1 fully saturated rings. The molecule has 28 heavy (non-hydrogen) atoms. The Morgan fingerprint density at radius 1 is 1.14 bits per heavy atom. The standard InChI is InChI=1S/C20H24N2O4S2/c1-15(23)16-5-7-19(8-6-16)28(25,26)22-11-9-17(10-12-22)20(24)21(2)14-18-4-3-13-27-18/h3-8,13,17H,9-12,14H2,1-2H3. The molecule has 0 bridgehead atoms. The highest BCUT2D eigenvalue weighted by molar-refractivity contribution is 7.89. The van der Waals surface area contributed by atoms with Gasteiger partial charge in [0.15, 0.2) is 5.78 Å². The second kappa shape index (κ2) is 8.55. The van der Waals surface area contributed by atoms with E-state index < -0.39 is 10.0 Å². The normalized spacial score (nSPS) is 16.1. The number of carbonyl (C=O) groups excluding carboxylic acids is 2. The minimum atomic E-state index is -3.62. The molecule has 1 saturated heterocycles. The molecule has 0 spiro atoms. The van der Waals surface area contributed by atoms with Gasteiger partial charge in [0, 0.05) is 36.5 Å². The number of thiophene rings is 1. The molecule has 3 rings (SSSR count). The summed E-state index contributed by atoms with van der Waals surface area (Å²) in [7, 11) is -1.82. The summed E-state index contributed by atoms with van der Waals surface area (Å²) < 4.78 is 27.1. The summed E-state index contributed by atoms with van der Waals surface area (Å²) in [5.41, 5.74) is 0.483. The van der Waals surface area contributed by atoms with Gasteiger partial charge in [-0.25, -0.2) is 8.42 Å². The van der Waals surface area contributed by atoms with E-state index in [9.17, 15) is 18.0 Å². The topological polar surface area (TPSA) is 74.8 Å². The van der Waals surface area contributed by atoms with E-state index in [1.54, 1.807) is 23.3 Å². The zero-order valence-corrected chi connectivity index (χ0v) is 17.6. The minimum Gasteiger partial charge on any atom is -0.340 e.